The first-order valence-electron chi connectivity index (χ1n) is 10.1. The molecule has 0 aromatic heterocycles. The van der Waals surface area contributed by atoms with E-state index in [9.17, 15) is 9.90 Å². The van der Waals surface area contributed by atoms with E-state index < -0.39 is 5.97 Å². The Labute approximate surface area is 172 Å². The average molecular weight is 385 g/mol. The quantitative estimate of drug-likeness (QED) is 0.617. The van der Waals surface area contributed by atoms with Crippen molar-refractivity contribution in [2.45, 2.75) is 45.6 Å². The molecule has 0 spiro atoms. The normalized spacial score (nSPS) is 15.2. The monoisotopic (exact) mass is 385 g/mol. The summed E-state index contributed by atoms with van der Waals surface area (Å²) in [4.78, 5) is 10.9. The SMILES string of the molecule is Cc1cccc(C)c1-c1cccc(COc2ccc3c(c2)CCC3CC(=O)[O-])c1. The summed E-state index contributed by atoms with van der Waals surface area (Å²) < 4.78 is 6.06. The molecule has 0 fully saturated rings. The Hall–Kier alpha value is -3.07. The molecule has 3 aromatic carbocycles. The lowest BCUT2D eigenvalue weighted by Gasteiger charge is -2.14. The first-order chi connectivity index (χ1) is 14.0. The zero-order valence-electron chi connectivity index (χ0n) is 16.9. The smallest absolute Gasteiger partial charge is 0.120 e. The number of carbonyl (C=O) groups excluding carboxylic acids is 1. The van der Waals surface area contributed by atoms with Gasteiger partial charge in [-0.25, -0.2) is 0 Å². The summed E-state index contributed by atoms with van der Waals surface area (Å²) in [5.74, 6) is -0.0830. The van der Waals surface area contributed by atoms with E-state index in [4.69, 9.17) is 4.74 Å². The molecule has 1 aliphatic rings. The predicted molar refractivity (Wildman–Crippen MR) is 113 cm³/mol. The molecule has 0 aliphatic heterocycles. The molecule has 0 bridgehead atoms. The summed E-state index contributed by atoms with van der Waals surface area (Å²) in [7, 11) is 0. The van der Waals surface area contributed by atoms with Gasteiger partial charge in [0.25, 0.3) is 0 Å². The van der Waals surface area contributed by atoms with Crippen LogP contribution in [0.1, 0.15) is 46.6 Å². The number of aliphatic carboxylic acids is 1. The lowest BCUT2D eigenvalue weighted by molar-refractivity contribution is -0.306. The van der Waals surface area contributed by atoms with E-state index in [1.54, 1.807) is 0 Å². The van der Waals surface area contributed by atoms with Gasteiger partial charge in [-0.15, -0.1) is 0 Å². The summed E-state index contributed by atoms with van der Waals surface area (Å²) in [5.41, 5.74) is 8.48. The Balaban J connectivity index is 1.49. The molecule has 0 amide bonds. The third-order valence-electron chi connectivity index (χ3n) is 5.83. The highest BCUT2D eigenvalue weighted by molar-refractivity contribution is 5.71. The van der Waals surface area contributed by atoms with Crippen molar-refractivity contribution in [1.82, 2.24) is 0 Å². The first-order valence-corrected chi connectivity index (χ1v) is 10.1. The van der Waals surface area contributed by atoms with E-state index in [-0.39, 0.29) is 12.3 Å². The molecule has 0 saturated carbocycles. The van der Waals surface area contributed by atoms with Gasteiger partial charge >= 0.3 is 0 Å². The van der Waals surface area contributed by atoms with Crippen LogP contribution >= 0.6 is 0 Å². The number of fused-ring (bicyclic) bond motifs is 1. The van der Waals surface area contributed by atoms with Crippen LogP contribution in [-0.2, 0) is 17.8 Å². The van der Waals surface area contributed by atoms with Gasteiger partial charge in [0.05, 0.1) is 0 Å². The molecule has 3 nitrogen and oxygen atoms in total. The molecular formula is C26H25O3-. The summed E-state index contributed by atoms with van der Waals surface area (Å²) in [6, 6.07) is 20.9. The van der Waals surface area contributed by atoms with Gasteiger partial charge in [0.15, 0.2) is 0 Å². The molecule has 0 heterocycles. The van der Waals surface area contributed by atoms with Crippen molar-refractivity contribution in [3.8, 4) is 16.9 Å². The Bertz CT molecular complexity index is 1030. The Morgan fingerprint density at radius 2 is 1.79 bits per heavy atom. The first kappa shape index (κ1) is 19.3. The van der Waals surface area contributed by atoms with Crippen molar-refractivity contribution in [3.05, 3.63) is 88.5 Å². The van der Waals surface area contributed by atoms with Crippen molar-refractivity contribution >= 4 is 5.97 Å². The number of carboxylic acid groups (broad SMARTS) is 1. The van der Waals surface area contributed by atoms with Crippen molar-refractivity contribution in [2.75, 3.05) is 0 Å². The van der Waals surface area contributed by atoms with Crippen molar-refractivity contribution in [2.24, 2.45) is 0 Å². The molecule has 0 saturated heterocycles. The van der Waals surface area contributed by atoms with E-state index in [0.29, 0.717) is 6.61 Å². The minimum absolute atomic E-state index is 0.0677. The predicted octanol–water partition coefficient (Wildman–Crippen LogP) is 4.72. The van der Waals surface area contributed by atoms with Crippen LogP contribution in [0, 0.1) is 13.8 Å². The van der Waals surface area contributed by atoms with E-state index in [1.165, 1.54) is 27.8 Å². The molecule has 1 unspecified atom stereocenters. The third kappa shape index (κ3) is 4.19. The fourth-order valence-electron chi connectivity index (χ4n) is 4.44. The van der Waals surface area contributed by atoms with Gasteiger partial charge in [-0.2, -0.15) is 0 Å². The van der Waals surface area contributed by atoms with Gasteiger partial charge in [-0.05, 0) is 96.2 Å². The van der Waals surface area contributed by atoms with Gasteiger partial charge in [0.2, 0.25) is 0 Å². The number of aryl methyl sites for hydroxylation is 3. The van der Waals surface area contributed by atoms with Crippen LogP contribution in [0.4, 0.5) is 0 Å². The standard InChI is InChI=1S/C26H26O3/c1-17-5-3-6-18(2)26(17)22-8-4-7-19(13-22)16-29-23-11-12-24-20(14-23)9-10-21(24)15-25(27)28/h3-8,11-14,21H,9-10,15-16H2,1-2H3,(H,27,28)/p-1. The average Bonchev–Trinajstić information content (AvgIpc) is 3.08. The minimum Gasteiger partial charge on any atom is -0.550 e. The summed E-state index contributed by atoms with van der Waals surface area (Å²) in [6.07, 6.45) is 1.86. The van der Waals surface area contributed by atoms with E-state index in [1.807, 2.05) is 12.1 Å². The van der Waals surface area contributed by atoms with Gasteiger partial charge < -0.3 is 14.6 Å². The largest absolute Gasteiger partial charge is 0.550 e. The van der Waals surface area contributed by atoms with Crippen LogP contribution in [0.5, 0.6) is 5.75 Å². The molecule has 29 heavy (non-hydrogen) atoms. The lowest BCUT2D eigenvalue weighted by Crippen LogP contribution is -2.23. The second kappa shape index (κ2) is 8.12. The summed E-state index contributed by atoms with van der Waals surface area (Å²) in [5, 5.41) is 10.9. The number of hydrogen-bond acceptors (Lipinski definition) is 3. The van der Waals surface area contributed by atoms with E-state index in [2.05, 4.69) is 62.4 Å². The van der Waals surface area contributed by atoms with Crippen molar-refractivity contribution < 1.29 is 14.6 Å². The summed E-state index contributed by atoms with van der Waals surface area (Å²) >= 11 is 0. The van der Waals surface area contributed by atoms with Crippen molar-refractivity contribution in [1.29, 1.82) is 0 Å². The van der Waals surface area contributed by atoms with E-state index >= 15 is 0 Å². The number of ether oxygens (including phenoxy) is 1. The second-order valence-corrected chi connectivity index (χ2v) is 7.93. The minimum atomic E-state index is -0.980. The van der Waals surface area contributed by atoms with Crippen LogP contribution < -0.4 is 9.84 Å². The maximum atomic E-state index is 10.9. The van der Waals surface area contributed by atoms with Gasteiger partial charge in [-0.3, -0.25) is 0 Å². The van der Waals surface area contributed by atoms with Gasteiger partial charge in [0.1, 0.15) is 12.4 Å². The summed E-state index contributed by atoms with van der Waals surface area (Å²) in [6.45, 7) is 4.79. The maximum absolute atomic E-state index is 10.9. The number of carboxylic acids is 1. The zero-order chi connectivity index (χ0) is 20.4. The van der Waals surface area contributed by atoms with Crippen LogP contribution in [0.25, 0.3) is 11.1 Å². The topological polar surface area (TPSA) is 49.4 Å². The zero-order valence-corrected chi connectivity index (χ0v) is 16.9. The fraction of sp³-hybridized carbons (Fsp3) is 0.269. The Morgan fingerprint density at radius 3 is 2.55 bits per heavy atom. The number of benzene rings is 3. The Morgan fingerprint density at radius 1 is 1.03 bits per heavy atom. The third-order valence-corrected chi connectivity index (χ3v) is 5.83. The highest BCUT2D eigenvalue weighted by Gasteiger charge is 2.22. The molecule has 148 valence electrons. The highest BCUT2D eigenvalue weighted by Crippen LogP contribution is 2.37. The molecule has 3 heteroatoms. The van der Waals surface area contributed by atoms with Crippen LogP contribution in [0.2, 0.25) is 0 Å². The van der Waals surface area contributed by atoms with Crippen LogP contribution in [0.15, 0.2) is 60.7 Å². The van der Waals surface area contributed by atoms with Gasteiger partial charge in [-0.1, -0.05) is 42.5 Å². The second-order valence-electron chi connectivity index (χ2n) is 7.93. The Kier molecular flexibility index (Phi) is 5.39. The van der Waals surface area contributed by atoms with Gasteiger partial charge in [0, 0.05) is 5.97 Å². The molecule has 4 rings (SSSR count). The van der Waals surface area contributed by atoms with E-state index in [0.717, 1.165) is 29.7 Å². The number of hydrogen-bond donors (Lipinski definition) is 0. The van der Waals surface area contributed by atoms with Crippen LogP contribution in [0.3, 0.4) is 0 Å². The molecule has 0 radical (unpaired) electrons. The molecule has 3 aromatic rings. The highest BCUT2D eigenvalue weighted by atomic mass is 16.5. The molecule has 1 atom stereocenters. The molecule has 1 aliphatic carbocycles. The number of rotatable bonds is 6. The number of carbonyl (C=O) groups is 1. The van der Waals surface area contributed by atoms with Crippen molar-refractivity contribution in [3.63, 3.8) is 0 Å². The fourth-order valence-corrected chi connectivity index (χ4v) is 4.44. The van der Waals surface area contributed by atoms with Crippen LogP contribution in [-0.4, -0.2) is 5.97 Å². The maximum Gasteiger partial charge on any atom is 0.120 e. The molecule has 0 N–H and O–H groups in total. The lowest BCUT2D eigenvalue weighted by atomic mass is 9.95. The molecular weight excluding hydrogens is 360 g/mol.